The molecule has 2 aromatic heterocycles. The molecule has 0 radical (unpaired) electrons. The van der Waals surface area contributed by atoms with E-state index >= 15 is 0 Å². The molecular weight excluding hydrogens is 328 g/mol. The van der Waals surface area contributed by atoms with E-state index in [0.717, 1.165) is 54.6 Å². The monoisotopic (exact) mass is 340 g/mol. The number of aromatic hydroxyl groups is 2. The molecule has 0 fully saturated rings. The summed E-state index contributed by atoms with van der Waals surface area (Å²) < 4.78 is 12.1. The maximum absolute atomic E-state index is 9.79. The van der Waals surface area contributed by atoms with E-state index in [9.17, 15) is 10.2 Å². The van der Waals surface area contributed by atoms with Crippen molar-refractivity contribution in [3.05, 3.63) is 60.7 Å². The van der Waals surface area contributed by atoms with E-state index in [1.165, 1.54) is 6.07 Å². The molecule has 0 aliphatic rings. The van der Waals surface area contributed by atoms with Crippen LogP contribution in [0.1, 0.15) is 0 Å². The van der Waals surface area contributed by atoms with Gasteiger partial charge in [-0.15, -0.1) is 0 Å². The lowest BCUT2D eigenvalue weighted by Gasteiger charge is -2.01. The van der Waals surface area contributed by atoms with E-state index in [-0.39, 0.29) is 11.5 Å². The van der Waals surface area contributed by atoms with Crippen LogP contribution < -0.4 is 0 Å². The van der Waals surface area contributed by atoms with Crippen molar-refractivity contribution in [2.24, 2.45) is 0 Å². The number of phenols is 2. The lowest BCUT2D eigenvalue weighted by molar-refractivity contribution is 0.405. The quantitative estimate of drug-likeness (QED) is 0.330. The number of phenolic OH excluding ortho intramolecular Hbond substituents is 2. The molecular formula is C22H12O4. The van der Waals surface area contributed by atoms with Crippen LogP contribution >= 0.6 is 0 Å². The highest BCUT2D eigenvalue weighted by molar-refractivity contribution is 6.16. The highest BCUT2D eigenvalue weighted by Gasteiger charge is 2.14. The first-order chi connectivity index (χ1) is 12.7. The van der Waals surface area contributed by atoms with Gasteiger partial charge in [0.2, 0.25) is 0 Å². The van der Waals surface area contributed by atoms with Crippen molar-refractivity contribution in [3.63, 3.8) is 0 Å². The van der Waals surface area contributed by atoms with E-state index in [4.69, 9.17) is 8.83 Å². The number of hydrogen-bond acceptors (Lipinski definition) is 4. The number of fused-ring (bicyclic) bond motifs is 7. The highest BCUT2D eigenvalue weighted by Crippen LogP contribution is 2.39. The zero-order valence-corrected chi connectivity index (χ0v) is 13.5. The summed E-state index contributed by atoms with van der Waals surface area (Å²) >= 11 is 0. The Balaban J connectivity index is 1.77. The van der Waals surface area contributed by atoms with Crippen LogP contribution in [0.5, 0.6) is 11.5 Å². The van der Waals surface area contributed by atoms with Crippen LogP contribution in [0.4, 0.5) is 0 Å². The van der Waals surface area contributed by atoms with E-state index in [1.54, 1.807) is 6.07 Å². The predicted octanol–water partition coefficient (Wildman–Crippen LogP) is 6.05. The minimum atomic E-state index is -0.142. The first-order valence-electron chi connectivity index (χ1n) is 8.31. The summed E-state index contributed by atoms with van der Waals surface area (Å²) in [6.07, 6.45) is 0. The maximum Gasteiger partial charge on any atom is 0.158 e. The van der Waals surface area contributed by atoms with Crippen LogP contribution in [0.25, 0.3) is 54.6 Å². The molecule has 0 aliphatic heterocycles. The van der Waals surface area contributed by atoms with Crippen molar-refractivity contribution in [3.8, 4) is 11.5 Å². The zero-order valence-electron chi connectivity index (χ0n) is 13.5. The molecule has 0 bridgehead atoms. The number of benzene rings is 4. The Hall–Kier alpha value is -3.66. The van der Waals surface area contributed by atoms with Crippen LogP contribution in [0.3, 0.4) is 0 Å². The minimum absolute atomic E-state index is 0.135. The smallest absolute Gasteiger partial charge is 0.158 e. The first-order valence-corrected chi connectivity index (χ1v) is 8.31. The van der Waals surface area contributed by atoms with Gasteiger partial charge in [-0.1, -0.05) is 18.2 Å². The van der Waals surface area contributed by atoms with Crippen molar-refractivity contribution < 1.29 is 19.0 Å². The van der Waals surface area contributed by atoms with E-state index in [1.807, 2.05) is 48.5 Å². The third-order valence-corrected chi connectivity index (χ3v) is 5.02. The van der Waals surface area contributed by atoms with Gasteiger partial charge in [0, 0.05) is 21.5 Å². The topological polar surface area (TPSA) is 66.7 Å². The molecule has 6 rings (SSSR count). The Bertz CT molecular complexity index is 1500. The van der Waals surface area contributed by atoms with Crippen LogP contribution in [-0.2, 0) is 0 Å². The fourth-order valence-electron chi connectivity index (χ4n) is 3.76. The van der Waals surface area contributed by atoms with Gasteiger partial charge in [0.1, 0.15) is 22.3 Å². The third-order valence-electron chi connectivity index (χ3n) is 5.02. The number of hydrogen-bond donors (Lipinski definition) is 2. The van der Waals surface area contributed by atoms with Crippen molar-refractivity contribution in [2.75, 3.05) is 0 Å². The highest BCUT2D eigenvalue weighted by atomic mass is 16.3. The van der Waals surface area contributed by atoms with Gasteiger partial charge in [-0.25, -0.2) is 0 Å². The molecule has 124 valence electrons. The van der Waals surface area contributed by atoms with Gasteiger partial charge in [-0.05, 0) is 53.2 Å². The second-order valence-corrected chi connectivity index (χ2v) is 6.58. The molecule has 0 spiro atoms. The van der Waals surface area contributed by atoms with Crippen molar-refractivity contribution >= 4 is 54.6 Å². The lowest BCUT2D eigenvalue weighted by atomic mass is 10.0. The van der Waals surface area contributed by atoms with Gasteiger partial charge >= 0.3 is 0 Å². The van der Waals surface area contributed by atoms with E-state index < -0.39 is 0 Å². The lowest BCUT2D eigenvalue weighted by Crippen LogP contribution is -1.75. The summed E-state index contributed by atoms with van der Waals surface area (Å²) in [7, 11) is 0. The molecule has 2 N–H and O–H groups in total. The average molecular weight is 340 g/mol. The molecule has 6 aromatic rings. The fraction of sp³-hybridized carbons (Fsp3) is 0. The average Bonchev–Trinajstić information content (AvgIpc) is 3.16. The van der Waals surface area contributed by atoms with Gasteiger partial charge in [0.15, 0.2) is 11.5 Å². The summed E-state index contributed by atoms with van der Waals surface area (Å²) in [5.74, 6) is -0.277. The summed E-state index contributed by atoms with van der Waals surface area (Å²) in [5, 5.41) is 25.1. The summed E-state index contributed by atoms with van der Waals surface area (Å²) in [6.45, 7) is 0. The van der Waals surface area contributed by atoms with Gasteiger partial charge in [0.25, 0.3) is 0 Å². The fourth-order valence-corrected chi connectivity index (χ4v) is 3.76. The standard InChI is InChI=1S/C22H12O4/c23-17-6-11-5-14-16-10-21-15(13-3-1-2-4-19(13)25-21)9-22(16)26-20(14)8-12(11)7-18(17)24/h1-10,23-24H. The second kappa shape index (κ2) is 4.49. The van der Waals surface area contributed by atoms with Crippen molar-refractivity contribution in [1.82, 2.24) is 0 Å². The minimum Gasteiger partial charge on any atom is -0.504 e. The molecule has 2 heterocycles. The van der Waals surface area contributed by atoms with Gasteiger partial charge in [0.05, 0.1) is 0 Å². The number of para-hydroxylation sites is 1. The van der Waals surface area contributed by atoms with Crippen LogP contribution in [0, 0.1) is 0 Å². The van der Waals surface area contributed by atoms with Gasteiger partial charge in [-0.3, -0.25) is 0 Å². The summed E-state index contributed by atoms with van der Waals surface area (Å²) in [6, 6.07) is 18.9. The molecule has 26 heavy (non-hydrogen) atoms. The molecule has 0 saturated heterocycles. The maximum atomic E-state index is 9.79. The Morgan fingerprint density at radius 2 is 1.04 bits per heavy atom. The number of rotatable bonds is 0. The Labute approximate surface area is 146 Å². The summed E-state index contributed by atoms with van der Waals surface area (Å²) in [4.78, 5) is 0. The second-order valence-electron chi connectivity index (χ2n) is 6.58. The van der Waals surface area contributed by atoms with Crippen LogP contribution in [0.15, 0.2) is 69.5 Å². The molecule has 0 unspecified atom stereocenters. The van der Waals surface area contributed by atoms with Gasteiger partial charge in [-0.2, -0.15) is 0 Å². The van der Waals surface area contributed by atoms with Crippen molar-refractivity contribution in [2.45, 2.75) is 0 Å². The molecule has 4 heteroatoms. The molecule has 0 amide bonds. The largest absolute Gasteiger partial charge is 0.504 e. The first kappa shape index (κ1) is 13.6. The SMILES string of the molecule is Oc1cc2cc3oc4cc5c(cc4c3cc2cc1O)oc1ccccc15. The Kier molecular flexibility index (Phi) is 2.35. The number of furan rings is 2. The molecule has 0 aliphatic carbocycles. The molecule has 0 saturated carbocycles. The van der Waals surface area contributed by atoms with Crippen LogP contribution in [0.2, 0.25) is 0 Å². The normalized spacial score (nSPS) is 12.2. The molecule has 4 aromatic carbocycles. The summed E-state index contributed by atoms with van der Waals surface area (Å²) in [5.41, 5.74) is 3.18. The van der Waals surface area contributed by atoms with Crippen molar-refractivity contribution in [1.29, 1.82) is 0 Å². The Morgan fingerprint density at radius 1 is 0.500 bits per heavy atom. The van der Waals surface area contributed by atoms with E-state index in [2.05, 4.69) is 0 Å². The molecule has 0 atom stereocenters. The predicted molar refractivity (Wildman–Crippen MR) is 102 cm³/mol. The van der Waals surface area contributed by atoms with Gasteiger partial charge < -0.3 is 19.0 Å². The zero-order chi connectivity index (χ0) is 17.4. The Morgan fingerprint density at radius 3 is 1.81 bits per heavy atom. The van der Waals surface area contributed by atoms with E-state index in [0.29, 0.717) is 0 Å². The van der Waals surface area contributed by atoms with Crippen LogP contribution in [-0.4, -0.2) is 10.2 Å². The third kappa shape index (κ3) is 1.68. The molecule has 4 nitrogen and oxygen atoms in total.